The number of hydrogen-bond donors (Lipinski definition) is 0. The summed E-state index contributed by atoms with van der Waals surface area (Å²) in [6.45, 7) is 11.1. The van der Waals surface area contributed by atoms with Gasteiger partial charge in [-0.1, -0.05) is 27.7 Å². The van der Waals surface area contributed by atoms with E-state index in [1.54, 1.807) is 36.4 Å². The third-order valence-electron chi connectivity index (χ3n) is 9.82. The molecule has 0 spiro atoms. The molecule has 8 rings (SSSR count). The Morgan fingerprint density at radius 2 is 1.64 bits per heavy atom. The summed E-state index contributed by atoms with van der Waals surface area (Å²) in [6.07, 6.45) is 2.05. The van der Waals surface area contributed by atoms with E-state index in [0.717, 1.165) is 41.6 Å². The first-order valence-corrected chi connectivity index (χ1v) is 18.1. The smallest absolute Gasteiger partial charge is 0.744 e. The molecule has 6 aromatic rings. The van der Waals surface area contributed by atoms with E-state index in [4.69, 9.17) is 14.1 Å². The molecule has 50 heavy (non-hydrogen) atoms. The molecular formula is C38H32N2Na2O6S2. The third-order valence-corrected chi connectivity index (χ3v) is 11.7. The molecule has 0 fully saturated rings. The fourth-order valence-corrected chi connectivity index (χ4v) is 8.51. The van der Waals surface area contributed by atoms with Gasteiger partial charge in [-0.3, -0.25) is 0 Å². The van der Waals surface area contributed by atoms with Crippen LogP contribution in [0.15, 0.2) is 86.9 Å². The van der Waals surface area contributed by atoms with Gasteiger partial charge >= 0.3 is 64.7 Å². The second-order valence-electron chi connectivity index (χ2n) is 13.9. The number of hydrogen-bond acceptors (Lipinski definition) is 9. The zero-order valence-electron chi connectivity index (χ0n) is 28.9. The summed E-state index contributed by atoms with van der Waals surface area (Å²) in [5.74, 6) is 0.835. The van der Waals surface area contributed by atoms with Gasteiger partial charge in [0.1, 0.15) is 32.2 Å². The van der Waals surface area contributed by atoms with E-state index in [0.29, 0.717) is 44.3 Å². The van der Waals surface area contributed by atoms with Crippen molar-refractivity contribution < 1.29 is 81.2 Å². The molecule has 0 radical (unpaired) electrons. The van der Waals surface area contributed by atoms with Crippen LogP contribution in [0.4, 0.5) is 5.69 Å². The normalized spacial score (nSPS) is 16.0. The van der Waals surface area contributed by atoms with Crippen LogP contribution in [-0.4, -0.2) is 31.0 Å². The maximum Gasteiger partial charge on any atom is 1.00 e. The Balaban J connectivity index is 0.00000216. The van der Waals surface area contributed by atoms with Gasteiger partial charge in [0.15, 0.2) is 0 Å². The molecule has 2 aliphatic heterocycles. The van der Waals surface area contributed by atoms with Crippen LogP contribution in [0.3, 0.4) is 0 Å². The monoisotopic (exact) mass is 722 g/mol. The van der Waals surface area contributed by atoms with Crippen molar-refractivity contribution in [3.63, 3.8) is 0 Å². The van der Waals surface area contributed by atoms with Crippen molar-refractivity contribution in [3.8, 4) is 33.2 Å². The van der Waals surface area contributed by atoms with Crippen LogP contribution in [-0.2, 0) is 20.9 Å². The molecule has 0 atom stereocenters. The van der Waals surface area contributed by atoms with E-state index in [-0.39, 0.29) is 74.8 Å². The summed E-state index contributed by atoms with van der Waals surface area (Å²) in [5.41, 5.74) is 5.92. The predicted molar refractivity (Wildman–Crippen MR) is 187 cm³/mol. The van der Waals surface area contributed by atoms with E-state index in [1.165, 1.54) is 40.8 Å². The Morgan fingerprint density at radius 3 is 2.36 bits per heavy atom. The van der Waals surface area contributed by atoms with Gasteiger partial charge in [-0.05, 0) is 71.7 Å². The van der Waals surface area contributed by atoms with Crippen molar-refractivity contribution in [2.75, 3.05) is 18.0 Å². The average Bonchev–Trinajstić information content (AvgIpc) is 3.46. The van der Waals surface area contributed by atoms with Crippen LogP contribution in [0, 0.1) is 6.07 Å². The van der Waals surface area contributed by atoms with Crippen molar-refractivity contribution in [3.05, 3.63) is 100 Å². The van der Waals surface area contributed by atoms with Crippen molar-refractivity contribution in [1.29, 1.82) is 0 Å². The predicted octanol–water partition coefficient (Wildman–Crippen LogP) is 2.41. The number of thiazole rings is 1. The van der Waals surface area contributed by atoms with Gasteiger partial charge < -0.3 is 18.6 Å². The molecule has 0 bridgehead atoms. The van der Waals surface area contributed by atoms with Crippen LogP contribution >= 0.6 is 11.3 Å². The Morgan fingerprint density at radius 1 is 0.920 bits per heavy atom. The maximum absolute atomic E-state index is 13.7. The minimum Gasteiger partial charge on any atom is -0.744 e. The summed E-state index contributed by atoms with van der Waals surface area (Å²) >= 11 is 1.40. The quantitative estimate of drug-likeness (QED) is 0.116. The standard InChI is InChI=1S/C38H33N2O6S2.2Na/c1-37(2)14-16-40-17-15-38(3,4)32-33(40)28(37)19-23-18-27(36(41)46-34(23)32)35-39-29-20-24(10-13-31(29)47-35)45-30-12-11-25(48(42,43)44)21-26(30)22-8-6-5-7-9-22;;/h6-13,18-21H,14-17H2,1-4H3,(H,42,43,44);;/q-1;2*+1/p-1. The van der Waals surface area contributed by atoms with Crippen molar-refractivity contribution in [2.24, 2.45) is 0 Å². The third kappa shape index (κ3) is 6.52. The van der Waals surface area contributed by atoms with Crippen molar-refractivity contribution >= 4 is 48.3 Å². The van der Waals surface area contributed by atoms with Gasteiger partial charge in [-0.15, -0.1) is 16.9 Å². The summed E-state index contributed by atoms with van der Waals surface area (Å²) < 4.78 is 48.6. The van der Waals surface area contributed by atoms with E-state index >= 15 is 0 Å². The summed E-state index contributed by atoms with van der Waals surface area (Å²) in [7, 11) is -4.67. The molecule has 0 amide bonds. The van der Waals surface area contributed by atoms with Gasteiger partial charge in [-0.25, -0.2) is 18.2 Å². The summed E-state index contributed by atoms with van der Waals surface area (Å²) in [6, 6.07) is 23.5. The minimum atomic E-state index is -4.67. The molecular weight excluding hydrogens is 691 g/mol. The maximum atomic E-state index is 13.7. The van der Waals surface area contributed by atoms with E-state index < -0.39 is 15.7 Å². The number of ether oxygens (including phenoxy) is 1. The zero-order chi connectivity index (χ0) is 33.6. The Kier molecular flexibility index (Phi) is 10.0. The molecule has 8 nitrogen and oxygen atoms in total. The van der Waals surface area contributed by atoms with E-state index in [9.17, 15) is 17.8 Å². The zero-order valence-corrected chi connectivity index (χ0v) is 34.6. The van der Waals surface area contributed by atoms with Crippen LogP contribution in [0.5, 0.6) is 11.5 Å². The van der Waals surface area contributed by atoms with Crippen LogP contribution in [0.1, 0.15) is 51.7 Å². The molecule has 2 aromatic heterocycles. The van der Waals surface area contributed by atoms with Gasteiger partial charge in [0.05, 0.1) is 20.7 Å². The molecule has 0 unspecified atom stereocenters. The fraction of sp³-hybridized carbons (Fsp3) is 0.263. The first kappa shape index (κ1) is 37.3. The van der Waals surface area contributed by atoms with Crippen LogP contribution in [0.2, 0.25) is 0 Å². The molecule has 4 aromatic carbocycles. The molecule has 0 saturated carbocycles. The molecule has 0 N–H and O–H groups in total. The fourth-order valence-electron chi connectivity index (χ4n) is 7.06. The molecule has 0 saturated heterocycles. The molecule has 4 heterocycles. The number of benzene rings is 4. The van der Waals surface area contributed by atoms with Gasteiger partial charge in [0, 0.05) is 41.4 Å². The van der Waals surface area contributed by atoms with Crippen molar-refractivity contribution in [2.45, 2.75) is 56.3 Å². The van der Waals surface area contributed by atoms with Crippen LogP contribution in [0.25, 0.3) is 42.9 Å². The van der Waals surface area contributed by atoms with Gasteiger partial charge in [0.25, 0.3) is 0 Å². The summed E-state index contributed by atoms with van der Waals surface area (Å²) in [4.78, 5) is 20.6. The molecule has 244 valence electrons. The number of nitrogens with zero attached hydrogens (tertiary/aromatic N) is 2. The Hall–Kier alpha value is -2.51. The van der Waals surface area contributed by atoms with Gasteiger partial charge in [-0.2, -0.15) is 30.3 Å². The second kappa shape index (κ2) is 13.5. The summed E-state index contributed by atoms with van der Waals surface area (Å²) in [5, 5.41) is 1.46. The number of rotatable bonds is 5. The number of fused-ring (bicyclic) bond motifs is 3. The first-order valence-electron chi connectivity index (χ1n) is 15.8. The van der Waals surface area contributed by atoms with E-state index in [1.807, 2.05) is 12.1 Å². The second-order valence-corrected chi connectivity index (χ2v) is 16.3. The van der Waals surface area contributed by atoms with Crippen LogP contribution < -0.4 is 74.4 Å². The number of anilines is 1. The minimum absolute atomic E-state index is 0. The number of aromatic nitrogens is 1. The largest absolute Gasteiger partial charge is 1.00 e. The Labute approximate surface area is 339 Å². The van der Waals surface area contributed by atoms with E-state index in [2.05, 4.69) is 44.7 Å². The molecule has 2 aliphatic rings. The Bertz CT molecular complexity index is 2460. The topological polar surface area (TPSA) is 113 Å². The molecule has 0 aliphatic carbocycles. The van der Waals surface area contributed by atoms with Gasteiger partial charge in [0.2, 0.25) is 0 Å². The SMILES string of the molecule is CC1(C)CCN2CCC(C)(C)c3c2c1cc1cc(-c2nc4cc(Oc5ccc(S(=O)(=O)[O-])cc5-c5cc[c-]cc5)ccc4s2)c(=O)oc31.[Na+].[Na+]. The van der Waals surface area contributed by atoms with Crippen molar-refractivity contribution in [1.82, 2.24) is 4.98 Å². The first-order chi connectivity index (χ1) is 22.8. The average molecular weight is 723 g/mol. The molecule has 12 heteroatoms.